The zero-order chi connectivity index (χ0) is 19.7. The summed E-state index contributed by atoms with van der Waals surface area (Å²) >= 11 is 7.38. The molecule has 2 heterocycles. The lowest BCUT2D eigenvalue weighted by atomic mass is 9.87. The summed E-state index contributed by atoms with van der Waals surface area (Å²) in [4.78, 5) is 15.9. The molecule has 0 N–H and O–H groups in total. The number of halogens is 1. The van der Waals surface area contributed by atoms with Gasteiger partial charge in [-0.3, -0.25) is 4.79 Å². The number of fused-ring (bicyclic) bond motifs is 1. The van der Waals surface area contributed by atoms with Crippen LogP contribution in [-0.4, -0.2) is 31.6 Å². The number of carbonyl (C=O) groups is 1. The second kappa shape index (κ2) is 7.86. The van der Waals surface area contributed by atoms with Gasteiger partial charge in [0.25, 0.3) is 5.91 Å². The molecule has 0 aliphatic carbocycles. The fourth-order valence-corrected chi connectivity index (χ4v) is 4.73. The van der Waals surface area contributed by atoms with Crippen LogP contribution in [0.2, 0.25) is 4.34 Å². The van der Waals surface area contributed by atoms with Gasteiger partial charge >= 0.3 is 0 Å². The zero-order valence-corrected chi connectivity index (χ0v) is 17.2. The van der Waals surface area contributed by atoms with E-state index in [0.717, 1.165) is 17.5 Å². The number of rotatable bonds is 4. The van der Waals surface area contributed by atoms with E-state index in [4.69, 9.17) is 21.1 Å². The number of methoxy groups -OCH3 is 2. The molecule has 6 heteroatoms. The predicted molar refractivity (Wildman–Crippen MR) is 112 cm³/mol. The third-order valence-corrected chi connectivity index (χ3v) is 6.25. The molecule has 2 aromatic carbocycles. The Morgan fingerprint density at radius 1 is 1.07 bits per heavy atom. The number of nitrogens with zero attached hydrogens (tertiary/aromatic N) is 1. The molecule has 144 valence electrons. The van der Waals surface area contributed by atoms with Crippen molar-refractivity contribution in [1.82, 2.24) is 4.90 Å². The van der Waals surface area contributed by atoms with Crippen LogP contribution in [0.25, 0.3) is 0 Å². The summed E-state index contributed by atoms with van der Waals surface area (Å²) in [7, 11) is 3.26. The van der Waals surface area contributed by atoms with Gasteiger partial charge in [-0.1, -0.05) is 41.9 Å². The highest BCUT2D eigenvalue weighted by molar-refractivity contribution is 7.17. The topological polar surface area (TPSA) is 38.8 Å². The molecule has 28 heavy (non-hydrogen) atoms. The molecule has 0 saturated heterocycles. The van der Waals surface area contributed by atoms with Gasteiger partial charge in [0.2, 0.25) is 0 Å². The molecular weight excluding hydrogens is 394 g/mol. The molecule has 1 amide bonds. The van der Waals surface area contributed by atoms with Gasteiger partial charge < -0.3 is 14.4 Å². The molecule has 0 spiro atoms. The minimum Gasteiger partial charge on any atom is -0.493 e. The summed E-state index contributed by atoms with van der Waals surface area (Å²) in [6.45, 7) is 0.621. The van der Waals surface area contributed by atoms with Crippen LogP contribution in [0.4, 0.5) is 0 Å². The fraction of sp³-hybridized carbons (Fsp3) is 0.227. The highest BCUT2D eigenvalue weighted by atomic mass is 35.5. The van der Waals surface area contributed by atoms with Crippen molar-refractivity contribution in [3.05, 3.63) is 80.5 Å². The van der Waals surface area contributed by atoms with Crippen LogP contribution in [0.5, 0.6) is 11.5 Å². The number of benzene rings is 2. The largest absolute Gasteiger partial charge is 0.493 e. The van der Waals surface area contributed by atoms with Crippen LogP contribution in [-0.2, 0) is 6.42 Å². The van der Waals surface area contributed by atoms with Gasteiger partial charge in [0.1, 0.15) is 0 Å². The van der Waals surface area contributed by atoms with Crippen molar-refractivity contribution < 1.29 is 14.3 Å². The van der Waals surface area contributed by atoms with Crippen LogP contribution in [0.15, 0.2) is 54.6 Å². The molecule has 4 rings (SSSR count). The molecule has 0 radical (unpaired) electrons. The quantitative estimate of drug-likeness (QED) is 0.589. The lowest BCUT2D eigenvalue weighted by Gasteiger charge is -2.38. The second-order valence-electron chi connectivity index (χ2n) is 6.57. The molecule has 3 aromatic rings. The SMILES string of the molecule is COc1cc2c(cc1OC)[C@H](c1ccccc1)N(C(=O)c1ccc(Cl)s1)CC2. The van der Waals surface area contributed by atoms with Crippen molar-refractivity contribution >= 4 is 28.8 Å². The molecule has 1 aliphatic rings. The maximum absolute atomic E-state index is 13.3. The molecule has 0 saturated carbocycles. The standard InChI is InChI=1S/C22H20ClNO3S/c1-26-17-12-15-10-11-24(22(25)19-8-9-20(23)28-19)21(14-6-4-3-5-7-14)16(15)13-18(17)27-2/h3-9,12-13,21H,10-11H2,1-2H3/t21-/m0/s1. The summed E-state index contributed by atoms with van der Waals surface area (Å²) in [6.07, 6.45) is 0.754. The lowest BCUT2D eigenvalue weighted by Crippen LogP contribution is -2.40. The lowest BCUT2D eigenvalue weighted by molar-refractivity contribution is 0.0699. The number of ether oxygens (including phenoxy) is 2. The molecule has 1 aliphatic heterocycles. The van der Waals surface area contributed by atoms with E-state index in [-0.39, 0.29) is 11.9 Å². The number of carbonyl (C=O) groups excluding carboxylic acids is 1. The maximum Gasteiger partial charge on any atom is 0.264 e. The first-order valence-electron chi connectivity index (χ1n) is 8.98. The Morgan fingerprint density at radius 2 is 1.79 bits per heavy atom. The Labute approximate surface area is 173 Å². The van der Waals surface area contributed by atoms with Crippen molar-refractivity contribution in [1.29, 1.82) is 0 Å². The summed E-state index contributed by atoms with van der Waals surface area (Å²) in [5, 5.41) is 0. The number of amides is 1. The van der Waals surface area contributed by atoms with Gasteiger partial charge in [0.05, 0.1) is 29.5 Å². The summed E-state index contributed by atoms with van der Waals surface area (Å²) < 4.78 is 11.6. The summed E-state index contributed by atoms with van der Waals surface area (Å²) in [5.74, 6) is 1.36. The average Bonchev–Trinajstić information content (AvgIpc) is 3.18. The Bertz CT molecular complexity index is 1000. The van der Waals surface area contributed by atoms with Crippen molar-refractivity contribution in [2.45, 2.75) is 12.5 Å². The number of hydrogen-bond donors (Lipinski definition) is 0. The van der Waals surface area contributed by atoms with E-state index in [2.05, 4.69) is 12.1 Å². The van der Waals surface area contributed by atoms with Crippen LogP contribution in [0, 0.1) is 0 Å². The second-order valence-corrected chi connectivity index (χ2v) is 8.29. The third kappa shape index (κ3) is 3.36. The van der Waals surface area contributed by atoms with Crippen LogP contribution in [0.1, 0.15) is 32.4 Å². The van der Waals surface area contributed by atoms with E-state index < -0.39 is 0 Å². The molecule has 1 atom stereocenters. The maximum atomic E-state index is 13.3. The van der Waals surface area contributed by atoms with E-state index in [0.29, 0.717) is 27.3 Å². The third-order valence-electron chi connectivity index (χ3n) is 5.03. The Morgan fingerprint density at radius 3 is 2.43 bits per heavy atom. The molecule has 0 unspecified atom stereocenters. The van der Waals surface area contributed by atoms with E-state index in [1.54, 1.807) is 26.4 Å². The monoisotopic (exact) mass is 413 g/mol. The van der Waals surface area contributed by atoms with Gasteiger partial charge in [-0.15, -0.1) is 11.3 Å². The van der Waals surface area contributed by atoms with Crippen molar-refractivity contribution in [2.24, 2.45) is 0 Å². The molecular formula is C22H20ClNO3S. The zero-order valence-electron chi connectivity index (χ0n) is 15.6. The van der Waals surface area contributed by atoms with Crippen LogP contribution in [0.3, 0.4) is 0 Å². The van der Waals surface area contributed by atoms with Gasteiger partial charge in [-0.05, 0) is 47.4 Å². The summed E-state index contributed by atoms with van der Waals surface area (Å²) in [6, 6.07) is 17.5. The van der Waals surface area contributed by atoms with Gasteiger partial charge in [0, 0.05) is 6.54 Å². The average molecular weight is 414 g/mol. The highest BCUT2D eigenvalue weighted by Gasteiger charge is 2.34. The van der Waals surface area contributed by atoms with E-state index in [9.17, 15) is 4.79 Å². The molecule has 0 fully saturated rings. The number of hydrogen-bond acceptors (Lipinski definition) is 4. The number of thiophene rings is 1. The van der Waals surface area contributed by atoms with Crippen molar-refractivity contribution in [3.8, 4) is 11.5 Å². The highest BCUT2D eigenvalue weighted by Crippen LogP contribution is 2.41. The van der Waals surface area contributed by atoms with Gasteiger partial charge in [0.15, 0.2) is 11.5 Å². The van der Waals surface area contributed by atoms with Crippen molar-refractivity contribution in [2.75, 3.05) is 20.8 Å². The Kier molecular flexibility index (Phi) is 5.29. The smallest absolute Gasteiger partial charge is 0.264 e. The minimum absolute atomic E-state index is 0.00816. The first kappa shape index (κ1) is 18.8. The molecule has 1 aromatic heterocycles. The minimum atomic E-state index is -0.196. The van der Waals surface area contributed by atoms with Crippen LogP contribution < -0.4 is 9.47 Å². The predicted octanol–water partition coefficient (Wildman–Crippen LogP) is 5.21. The van der Waals surface area contributed by atoms with E-state index >= 15 is 0 Å². The molecule has 4 nitrogen and oxygen atoms in total. The van der Waals surface area contributed by atoms with Crippen LogP contribution >= 0.6 is 22.9 Å². The van der Waals surface area contributed by atoms with Crippen molar-refractivity contribution in [3.63, 3.8) is 0 Å². The van der Waals surface area contributed by atoms with E-state index in [1.807, 2.05) is 35.2 Å². The van der Waals surface area contributed by atoms with Gasteiger partial charge in [-0.25, -0.2) is 0 Å². The van der Waals surface area contributed by atoms with E-state index in [1.165, 1.54) is 16.9 Å². The normalized spacial score (nSPS) is 15.8. The Hall–Kier alpha value is -2.50. The van der Waals surface area contributed by atoms with Gasteiger partial charge in [-0.2, -0.15) is 0 Å². The molecule has 0 bridgehead atoms. The summed E-state index contributed by atoms with van der Waals surface area (Å²) in [5.41, 5.74) is 3.29. The Balaban J connectivity index is 1.84. The first-order valence-corrected chi connectivity index (χ1v) is 10.2. The first-order chi connectivity index (χ1) is 13.6. The fourth-order valence-electron chi connectivity index (χ4n) is 3.73.